The summed E-state index contributed by atoms with van der Waals surface area (Å²) in [4.78, 5) is 27.8. The first-order valence-corrected chi connectivity index (χ1v) is 10.4. The summed E-state index contributed by atoms with van der Waals surface area (Å²) in [6.45, 7) is 4.08. The van der Waals surface area contributed by atoms with Crippen LogP contribution in [-0.2, 0) is 9.59 Å². The van der Waals surface area contributed by atoms with E-state index in [0.29, 0.717) is 23.3 Å². The molecule has 7 rings (SSSR count). The van der Waals surface area contributed by atoms with E-state index in [4.69, 9.17) is 4.74 Å². The van der Waals surface area contributed by atoms with E-state index >= 15 is 0 Å². The van der Waals surface area contributed by atoms with Crippen molar-refractivity contribution in [2.24, 2.45) is 35.5 Å². The Morgan fingerprint density at radius 3 is 1.90 bits per heavy atom. The molecular weight excluding hydrogens is 362 g/mol. The Labute approximate surface area is 170 Å². The maximum atomic E-state index is 13.2. The van der Waals surface area contributed by atoms with Gasteiger partial charge in [0.15, 0.2) is 0 Å². The van der Waals surface area contributed by atoms with Gasteiger partial charge < -0.3 is 4.74 Å². The second-order valence-electron chi connectivity index (χ2n) is 9.09. The third-order valence-corrected chi connectivity index (χ3v) is 7.19. The lowest BCUT2D eigenvalue weighted by Gasteiger charge is -2.37. The molecule has 2 aromatic rings. The highest BCUT2D eigenvalue weighted by molar-refractivity contribution is 6.22. The predicted octanol–water partition coefficient (Wildman–Crippen LogP) is 4.65. The zero-order chi connectivity index (χ0) is 19.9. The molecule has 2 aromatic carbocycles. The Kier molecular flexibility index (Phi) is 3.41. The van der Waals surface area contributed by atoms with Gasteiger partial charge in [0.1, 0.15) is 11.5 Å². The van der Waals surface area contributed by atoms with Gasteiger partial charge in [-0.15, -0.1) is 0 Å². The topological polar surface area (TPSA) is 46.6 Å². The Bertz CT molecular complexity index is 1010. The first kappa shape index (κ1) is 17.0. The van der Waals surface area contributed by atoms with Crippen LogP contribution >= 0.6 is 0 Å². The molecular formula is C25H23NO3. The molecule has 0 radical (unpaired) electrons. The zero-order valence-electron chi connectivity index (χ0n) is 16.5. The number of carbonyl (C=O) groups excluding carboxylic acids is 2. The lowest BCUT2D eigenvalue weighted by molar-refractivity contribution is -0.124. The van der Waals surface area contributed by atoms with Gasteiger partial charge in [-0.3, -0.25) is 14.5 Å². The van der Waals surface area contributed by atoms with Crippen LogP contribution in [0.5, 0.6) is 11.5 Å². The molecule has 1 aliphatic heterocycles. The highest BCUT2D eigenvalue weighted by Gasteiger charge is 2.67. The van der Waals surface area contributed by atoms with Crippen LogP contribution in [-0.4, -0.2) is 11.8 Å². The minimum atomic E-state index is -0.160. The van der Waals surface area contributed by atoms with Crippen LogP contribution in [0.25, 0.3) is 0 Å². The minimum absolute atomic E-state index is 0.0207. The lowest BCUT2D eigenvalue weighted by atomic mass is 9.63. The number of amides is 2. The quantitative estimate of drug-likeness (QED) is 0.571. The van der Waals surface area contributed by atoms with Crippen molar-refractivity contribution in [2.75, 3.05) is 4.90 Å². The smallest absolute Gasteiger partial charge is 0.238 e. The largest absolute Gasteiger partial charge is 0.457 e. The zero-order valence-corrected chi connectivity index (χ0v) is 16.5. The number of ether oxygens (including phenoxy) is 1. The Morgan fingerprint density at radius 2 is 1.34 bits per heavy atom. The third kappa shape index (κ3) is 2.44. The summed E-state index contributed by atoms with van der Waals surface area (Å²) in [5, 5.41) is 0. The summed E-state index contributed by atoms with van der Waals surface area (Å²) in [5.41, 5.74) is 2.94. The summed E-state index contributed by atoms with van der Waals surface area (Å²) in [6, 6.07) is 13.4. The first-order valence-electron chi connectivity index (χ1n) is 10.4. The lowest BCUT2D eigenvalue weighted by Crippen LogP contribution is -2.40. The van der Waals surface area contributed by atoms with Crippen LogP contribution < -0.4 is 9.64 Å². The summed E-state index contributed by atoms with van der Waals surface area (Å²) in [6.07, 6.45) is 5.59. The molecule has 4 nitrogen and oxygen atoms in total. The fourth-order valence-electron chi connectivity index (χ4n) is 6.00. The maximum Gasteiger partial charge on any atom is 0.238 e. The Morgan fingerprint density at radius 1 is 0.793 bits per heavy atom. The molecule has 5 aliphatic rings. The van der Waals surface area contributed by atoms with Crippen LogP contribution in [0.4, 0.5) is 5.69 Å². The maximum absolute atomic E-state index is 13.2. The second kappa shape index (κ2) is 5.82. The minimum Gasteiger partial charge on any atom is -0.457 e. The van der Waals surface area contributed by atoms with Gasteiger partial charge in [0, 0.05) is 0 Å². The van der Waals surface area contributed by atoms with Crippen molar-refractivity contribution < 1.29 is 14.3 Å². The van der Waals surface area contributed by atoms with E-state index < -0.39 is 0 Å². The van der Waals surface area contributed by atoms with E-state index in [1.165, 1.54) is 11.3 Å². The van der Waals surface area contributed by atoms with E-state index in [0.717, 1.165) is 16.9 Å². The number of anilines is 1. The molecule has 29 heavy (non-hydrogen) atoms. The van der Waals surface area contributed by atoms with Crippen molar-refractivity contribution >= 4 is 17.5 Å². The predicted molar refractivity (Wildman–Crippen MR) is 110 cm³/mol. The van der Waals surface area contributed by atoms with Gasteiger partial charge in [-0.05, 0) is 91.5 Å². The van der Waals surface area contributed by atoms with Crippen LogP contribution in [0.3, 0.4) is 0 Å². The number of rotatable bonds is 3. The van der Waals surface area contributed by atoms with Gasteiger partial charge in [-0.2, -0.15) is 0 Å². The van der Waals surface area contributed by atoms with Crippen molar-refractivity contribution in [3.63, 3.8) is 0 Å². The highest BCUT2D eigenvalue weighted by Crippen LogP contribution is 2.65. The van der Waals surface area contributed by atoms with E-state index in [2.05, 4.69) is 18.2 Å². The summed E-state index contributed by atoms with van der Waals surface area (Å²) in [5.74, 6) is 2.87. The highest BCUT2D eigenvalue weighted by atomic mass is 16.5. The number of hydrogen-bond donors (Lipinski definition) is 0. The number of allylic oxidation sites excluding steroid dienone is 2. The van der Waals surface area contributed by atoms with Gasteiger partial charge in [0.2, 0.25) is 11.8 Å². The summed E-state index contributed by atoms with van der Waals surface area (Å²) < 4.78 is 5.97. The van der Waals surface area contributed by atoms with Crippen LogP contribution in [0, 0.1) is 49.4 Å². The number of aryl methyl sites for hydroxylation is 2. The van der Waals surface area contributed by atoms with E-state index in [1.807, 2.05) is 50.2 Å². The van der Waals surface area contributed by atoms with Crippen molar-refractivity contribution in [1.82, 2.24) is 0 Å². The number of nitrogens with zero attached hydrogens (tertiary/aromatic N) is 1. The van der Waals surface area contributed by atoms with Crippen molar-refractivity contribution in [1.29, 1.82) is 0 Å². The molecule has 4 aliphatic carbocycles. The van der Waals surface area contributed by atoms with E-state index in [1.54, 1.807) is 0 Å². The molecule has 2 amide bonds. The fourth-order valence-corrected chi connectivity index (χ4v) is 6.00. The van der Waals surface area contributed by atoms with Crippen molar-refractivity contribution in [3.05, 3.63) is 65.7 Å². The number of carbonyl (C=O) groups is 2. The van der Waals surface area contributed by atoms with Crippen LogP contribution in [0.15, 0.2) is 54.6 Å². The number of hydrogen-bond acceptors (Lipinski definition) is 3. The normalized spacial score (nSPS) is 33.7. The SMILES string of the molecule is Cc1cc(C)cc(Oc2ccc(N3C(=O)[C@@H]4[C@H]5C=C[C@@H]([C@@H]6C[C@H]56)[C@H]4C3=O)cc2)c1. The van der Waals surface area contributed by atoms with Crippen molar-refractivity contribution in [3.8, 4) is 11.5 Å². The number of imide groups is 1. The van der Waals surface area contributed by atoms with Crippen LogP contribution in [0.1, 0.15) is 17.5 Å². The van der Waals surface area contributed by atoms with Gasteiger partial charge in [0.25, 0.3) is 0 Å². The molecule has 6 atom stereocenters. The summed E-state index contributed by atoms with van der Waals surface area (Å²) in [7, 11) is 0. The summed E-state index contributed by atoms with van der Waals surface area (Å²) >= 11 is 0. The second-order valence-corrected chi connectivity index (χ2v) is 9.09. The number of benzene rings is 2. The van der Waals surface area contributed by atoms with Crippen LogP contribution in [0.2, 0.25) is 0 Å². The van der Waals surface area contributed by atoms with Gasteiger partial charge in [-0.25, -0.2) is 0 Å². The molecule has 0 aromatic heterocycles. The average molecular weight is 385 g/mol. The molecule has 2 bridgehead atoms. The Balaban J connectivity index is 1.26. The first-order chi connectivity index (χ1) is 14.0. The molecule has 0 N–H and O–H groups in total. The Hall–Kier alpha value is -2.88. The van der Waals surface area contributed by atoms with Gasteiger partial charge in [0.05, 0.1) is 17.5 Å². The fraction of sp³-hybridized carbons (Fsp3) is 0.360. The molecule has 0 spiro atoms. The molecule has 146 valence electrons. The monoisotopic (exact) mass is 385 g/mol. The van der Waals surface area contributed by atoms with Gasteiger partial charge >= 0.3 is 0 Å². The molecule has 1 heterocycles. The van der Waals surface area contributed by atoms with E-state index in [9.17, 15) is 9.59 Å². The molecule has 2 saturated carbocycles. The van der Waals surface area contributed by atoms with Gasteiger partial charge in [-0.1, -0.05) is 18.2 Å². The molecule has 0 unspecified atom stereocenters. The molecule has 4 heteroatoms. The van der Waals surface area contributed by atoms with E-state index in [-0.39, 0.29) is 35.5 Å². The molecule has 1 saturated heterocycles. The third-order valence-electron chi connectivity index (χ3n) is 7.19. The standard InChI is InChI=1S/C25H23NO3/c1-13-9-14(2)11-17(10-13)29-16-5-3-15(4-6-16)26-24(27)22-18-7-8-19(21-12-20(18)21)23(22)25(26)28/h3-11,18-23H,12H2,1-2H3/t18-,19-,20-,21+,22+,23+/m0/s1. The van der Waals surface area contributed by atoms with Crippen molar-refractivity contribution in [2.45, 2.75) is 20.3 Å². The average Bonchev–Trinajstić information content (AvgIpc) is 3.46. The molecule has 3 fully saturated rings.